The predicted octanol–water partition coefficient (Wildman–Crippen LogP) is 0.347. The number of fused-ring (bicyclic) bond motifs is 2. The van der Waals surface area contributed by atoms with Crippen LogP contribution in [-0.4, -0.2) is 57.8 Å². The molecule has 0 radical (unpaired) electrons. The van der Waals surface area contributed by atoms with Gasteiger partial charge in [-0.15, -0.1) is 0 Å². The minimum absolute atomic E-state index is 0.0473. The summed E-state index contributed by atoms with van der Waals surface area (Å²) in [6.45, 7) is 0. The molecule has 28 heavy (non-hydrogen) atoms. The number of allylic oxidation sites excluding steroid dienone is 1. The van der Waals surface area contributed by atoms with Crippen LogP contribution in [0.25, 0.3) is 0 Å². The first-order valence-electron chi connectivity index (χ1n) is 8.82. The van der Waals surface area contributed by atoms with Crippen LogP contribution in [-0.2, 0) is 4.79 Å². The average Bonchev–Trinajstić information content (AvgIpc) is 2.65. The maximum absolute atomic E-state index is 13.2. The van der Waals surface area contributed by atoms with Crippen LogP contribution in [0.15, 0.2) is 29.3 Å². The third-order valence-corrected chi connectivity index (χ3v) is 5.88. The number of benzene rings is 1. The number of Topliss-reactive ketones (excluding diaryl/α,β-unsaturated/α-hetero) is 3. The second kappa shape index (κ2) is 6.32. The molecule has 146 valence electrons. The Bertz CT molecular complexity index is 965. The number of ketones is 3. The number of aliphatic hydroxyl groups excluding tert-OH is 2. The first-order valence-corrected chi connectivity index (χ1v) is 8.82. The van der Waals surface area contributed by atoms with Crippen molar-refractivity contribution in [2.45, 2.75) is 31.1 Å². The van der Waals surface area contributed by atoms with Gasteiger partial charge < -0.3 is 14.9 Å². The highest BCUT2D eigenvalue weighted by Crippen LogP contribution is 2.47. The van der Waals surface area contributed by atoms with Crippen LogP contribution < -0.4 is 4.74 Å². The van der Waals surface area contributed by atoms with Crippen LogP contribution in [0.3, 0.4) is 0 Å². The second-order valence-corrected chi connectivity index (χ2v) is 7.30. The van der Waals surface area contributed by atoms with Gasteiger partial charge in [0, 0.05) is 16.4 Å². The number of carbonyl (C=O) groups is 3. The smallest absolute Gasteiger partial charge is 0.248 e. The van der Waals surface area contributed by atoms with E-state index in [1.807, 2.05) is 0 Å². The molecule has 5 atom stereocenters. The quantitative estimate of drug-likeness (QED) is 0.420. The van der Waals surface area contributed by atoms with Crippen molar-refractivity contribution in [3.05, 3.63) is 50.6 Å². The molecule has 3 unspecified atom stereocenters. The lowest BCUT2D eigenvalue weighted by Gasteiger charge is -2.42. The van der Waals surface area contributed by atoms with Crippen molar-refractivity contribution in [2.75, 3.05) is 7.11 Å². The molecule has 9 heteroatoms. The molecule has 0 aliphatic heterocycles. The highest BCUT2D eigenvalue weighted by molar-refractivity contribution is 6.38. The molecular formula is C19H17NO8. The third kappa shape index (κ3) is 2.36. The van der Waals surface area contributed by atoms with E-state index in [1.165, 1.54) is 25.3 Å². The molecule has 0 bridgehead atoms. The van der Waals surface area contributed by atoms with E-state index in [9.17, 15) is 34.7 Å². The van der Waals surface area contributed by atoms with Gasteiger partial charge in [0.05, 0.1) is 41.9 Å². The number of methoxy groups -OCH3 is 1. The second-order valence-electron chi connectivity index (χ2n) is 7.30. The van der Waals surface area contributed by atoms with Crippen molar-refractivity contribution >= 4 is 17.3 Å². The Morgan fingerprint density at radius 2 is 1.86 bits per heavy atom. The van der Waals surface area contributed by atoms with Gasteiger partial charge in [-0.2, -0.15) is 0 Å². The van der Waals surface area contributed by atoms with Crippen molar-refractivity contribution in [3.8, 4) is 5.75 Å². The minimum Gasteiger partial charge on any atom is -0.496 e. The Balaban J connectivity index is 1.98. The molecule has 0 aromatic heterocycles. The first kappa shape index (κ1) is 18.5. The largest absolute Gasteiger partial charge is 0.496 e. The van der Waals surface area contributed by atoms with Crippen LogP contribution >= 0.6 is 0 Å². The summed E-state index contributed by atoms with van der Waals surface area (Å²) < 4.78 is 5.14. The van der Waals surface area contributed by atoms with Gasteiger partial charge in [-0.1, -0.05) is 12.1 Å². The number of nitrogens with zero attached hydrogens (tertiary/aromatic N) is 1. The van der Waals surface area contributed by atoms with E-state index in [1.54, 1.807) is 0 Å². The fraction of sp³-hybridized carbons (Fsp3) is 0.421. The summed E-state index contributed by atoms with van der Waals surface area (Å²) in [7, 11) is 1.30. The highest BCUT2D eigenvalue weighted by atomic mass is 16.6. The Labute approximate surface area is 158 Å². The van der Waals surface area contributed by atoms with Crippen LogP contribution in [0.2, 0.25) is 0 Å². The normalized spacial score (nSPS) is 31.8. The number of aliphatic hydroxyl groups is 2. The minimum atomic E-state index is -1.71. The molecule has 0 amide bonds. The zero-order chi connectivity index (χ0) is 20.3. The number of carbonyl (C=O) groups excluding carboxylic acids is 3. The zero-order valence-corrected chi connectivity index (χ0v) is 14.8. The van der Waals surface area contributed by atoms with Crippen molar-refractivity contribution in [2.24, 2.45) is 11.8 Å². The third-order valence-electron chi connectivity index (χ3n) is 5.88. The van der Waals surface area contributed by atoms with Gasteiger partial charge in [-0.05, 0) is 18.9 Å². The van der Waals surface area contributed by atoms with E-state index in [2.05, 4.69) is 0 Å². The lowest BCUT2D eigenvalue weighted by molar-refractivity contribution is -0.526. The zero-order valence-electron chi connectivity index (χ0n) is 14.8. The van der Waals surface area contributed by atoms with Crippen molar-refractivity contribution in [3.63, 3.8) is 0 Å². The molecule has 1 fully saturated rings. The monoisotopic (exact) mass is 387 g/mol. The molecular weight excluding hydrogens is 370 g/mol. The van der Waals surface area contributed by atoms with Crippen LogP contribution in [0.1, 0.15) is 33.6 Å². The Morgan fingerprint density at radius 1 is 1.14 bits per heavy atom. The molecule has 9 nitrogen and oxygen atoms in total. The Morgan fingerprint density at radius 3 is 2.50 bits per heavy atom. The topological polar surface area (TPSA) is 144 Å². The Hall–Kier alpha value is -2.91. The maximum Gasteiger partial charge on any atom is 0.248 e. The van der Waals surface area contributed by atoms with Crippen LogP contribution in [0.5, 0.6) is 5.75 Å². The number of ether oxygens (including phenoxy) is 1. The van der Waals surface area contributed by atoms with Gasteiger partial charge >= 0.3 is 0 Å². The van der Waals surface area contributed by atoms with E-state index >= 15 is 0 Å². The molecule has 0 heterocycles. The summed E-state index contributed by atoms with van der Waals surface area (Å²) in [5, 5.41) is 32.2. The fourth-order valence-corrected chi connectivity index (χ4v) is 4.74. The van der Waals surface area contributed by atoms with Gasteiger partial charge in [-0.25, -0.2) is 0 Å². The summed E-state index contributed by atoms with van der Waals surface area (Å²) in [4.78, 5) is 50.5. The molecule has 1 saturated carbocycles. The first-order chi connectivity index (χ1) is 13.3. The van der Waals surface area contributed by atoms with Gasteiger partial charge in [-0.3, -0.25) is 24.5 Å². The molecule has 4 rings (SSSR count). The lowest BCUT2D eigenvalue weighted by atomic mass is 9.60. The van der Waals surface area contributed by atoms with E-state index in [-0.39, 0.29) is 29.7 Å². The van der Waals surface area contributed by atoms with E-state index in [4.69, 9.17) is 4.74 Å². The molecule has 1 aromatic carbocycles. The number of nitro groups is 1. The van der Waals surface area contributed by atoms with Gasteiger partial charge in [0.2, 0.25) is 11.8 Å². The van der Waals surface area contributed by atoms with E-state index < -0.39 is 63.5 Å². The summed E-state index contributed by atoms with van der Waals surface area (Å²) in [6, 6.07) is 2.60. The summed E-state index contributed by atoms with van der Waals surface area (Å²) in [5.41, 5.74) is -1.16. The molecule has 3 aliphatic carbocycles. The summed E-state index contributed by atoms with van der Waals surface area (Å²) in [5.74, 6) is -4.52. The number of hydrogen-bond acceptors (Lipinski definition) is 8. The fourth-order valence-electron chi connectivity index (χ4n) is 4.74. The number of hydrogen-bond donors (Lipinski definition) is 2. The highest BCUT2D eigenvalue weighted by Gasteiger charge is 2.59. The summed E-state index contributed by atoms with van der Waals surface area (Å²) in [6.07, 6.45) is -2.60. The van der Waals surface area contributed by atoms with Crippen LogP contribution in [0, 0.1) is 22.0 Å². The van der Waals surface area contributed by atoms with Gasteiger partial charge in [0.15, 0.2) is 11.6 Å². The average molecular weight is 387 g/mol. The van der Waals surface area contributed by atoms with E-state index in [0.29, 0.717) is 0 Å². The van der Waals surface area contributed by atoms with Gasteiger partial charge in [0.1, 0.15) is 5.75 Å². The molecule has 1 aromatic rings. The molecule has 0 saturated heterocycles. The SMILES string of the molecule is COc1cccc2c1C(=O)C1=C(C2=O)C(=O)C2C[C@H](O)C[C@H](O)C2C1[N+](=O)[O-]. The standard InChI is InChI=1S/C19H17NO8/c1-28-11-4-2-3-8-13(11)19(25)14-15(17(8)23)18(24)9-5-7(21)6-10(22)12(9)16(14)20(26)27/h2-4,7,9-10,12,16,21-22H,5-6H2,1H3/t7-,9?,10-,12?,16?/m0/s1. The molecule has 3 aliphatic rings. The molecule has 2 N–H and O–H groups in total. The van der Waals surface area contributed by atoms with E-state index in [0.717, 1.165) is 0 Å². The number of rotatable bonds is 2. The van der Waals surface area contributed by atoms with Crippen molar-refractivity contribution in [1.82, 2.24) is 0 Å². The van der Waals surface area contributed by atoms with Crippen molar-refractivity contribution < 1.29 is 34.3 Å². The van der Waals surface area contributed by atoms with Crippen molar-refractivity contribution in [1.29, 1.82) is 0 Å². The lowest BCUT2D eigenvalue weighted by Crippen LogP contribution is -2.56. The Kier molecular flexibility index (Phi) is 4.16. The molecule has 0 spiro atoms. The van der Waals surface area contributed by atoms with Crippen LogP contribution in [0.4, 0.5) is 0 Å². The van der Waals surface area contributed by atoms with Gasteiger partial charge in [0.25, 0.3) is 0 Å². The summed E-state index contributed by atoms with van der Waals surface area (Å²) >= 11 is 0. The predicted molar refractivity (Wildman–Crippen MR) is 92.7 cm³/mol. The maximum atomic E-state index is 13.2.